The number of alkyl halides is 3. The van der Waals surface area contributed by atoms with Gasteiger partial charge in [-0.2, -0.15) is 23.1 Å². The topological polar surface area (TPSA) is 109 Å². The summed E-state index contributed by atoms with van der Waals surface area (Å²) in [4.78, 5) is 26.8. The molecule has 1 aliphatic heterocycles. The molecular formula is C19H24F3N7O2. The molecule has 0 spiro atoms. The summed E-state index contributed by atoms with van der Waals surface area (Å²) in [5.74, 6) is 0.0509. The molecule has 1 saturated carbocycles. The van der Waals surface area contributed by atoms with Gasteiger partial charge in [-0.15, -0.1) is 0 Å². The average molecular weight is 439 g/mol. The third kappa shape index (κ3) is 4.15. The van der Waals surface area contributed by atoms with Crippen molar-refractivity contribution in [2.45, 2.75) is 58.3 Å². The number of aryl methyl sites for hydroxylation is 1. The summed E-state index contributed by atoms with van der Waals surface area (Å²) in [7, 11) is 1.84. The molecule has 4 rings (SSSR count). The number of hydrogen-bond acceptors (Lipinski definition) is 8. The van der Waals surface area contributed by atoms with Crippen LogP contribution in [0.25, 0.3) is 0 Å². The molecule has 1 aliphatic carbocycles. The lowest BCUT2D eigenvalue weighted by atomic mass is 9.78. The highest BCUT2D eigenvalue weighted by molar-refractivity contribution is 6.03. The Kier molecular flexibility index (Phi) is 5.26. The van der Waals surface area contributed by atoms with Gasteiger partial charge in [-0.25, -0.2) is 4.98 Å². The van der Waals surface area contributed by atoms with Gasteiger partial charge in [0.15, 0.2) is 5.82 Å². The van der Waals surface area contributed by atoms with E-state index in [4.69, 9.17) is 4.52 Å². The number of nitrogens with one attached hydrogen (secondary N) is 2. The molecule has 0 saturated heterocycles. The Hall–Kier alpha value is -2.92. The molecule has 1 atom stereocenters. The van der Waals surface area contributed by atoms with Crippen LogP contribution < -0.4 is 15.5 Å². The zero-order valence-corrected chi connectivity index (χ0v) is 17.6. The first kappa shape index (κ1) is 21.3. The molecule has 2 N–H and O–H groups in total. The summed E-state index contributed by atoms with van der Waals surface area (Å²) in [6.07, 6.45) is -2.85. The predicted molar refractivity (Wildman–Crippen MR) is 106 cm³/mol. The summed E-state index contributed by atoms with van der Waals surface area (Å²) < 4.78 is 42.4. The van der Waals surface area contributed by atoms with Crippen LogP contribution in [-0.4, -0.2) is 45.1 Å². The zero-order chi connectivity index (χ0) is 22.5. The van der Waals surface area contributed by atoms with Crippen LogP contribution in [0.1, 0.15) is 44.1 Å². The minimum Gasteiger partial charge on any atom is -0.351 e. The van der Waals surface area contributed by atoms with Crippen LogP contribution in [0.4, 0.5) is 30.6 Å². The number of anilines is 3. The molecule has 3 heterocycles. The number of amides is 1. The molecule has 9 nitrogen and oxygen atoms in total. The minimum absolute atomic E-state index is 0.00579. The maximum atomic E-state index is 12.6. The van der Waals surface area contributed by atoms with Crippen molar-refractivity contribution in [1.82, 2.24) is 20.1 Å². The van der Waals surface area contributed by atoms with Crippen LogP contribution in [0.15, 0.2) is 4.52 Å². The van der Waals surface area contributed by atoms with E-state index in [1.165, 1.54) is 0 Å². The molecule has 1 fully saturated rings. The first-order chi connectivity index (χ1) is 14.5. The highest BCUT2D eigenvalue weighted by Gasteiger charge is 2.39. The fraction of sp³-hybridized carbons (Fsp3) is 0.632. The van der Waals surface area contributed by atoms with Gasteiger partial charge in [0.2, 0.25) is 17.7 Å². The summed E-state index contributed by atoms with van der Waals surface area (Å²) in [5.41, 5.74) is 1.27. The van der Waals surface area contributed by atoms with Crippen LogP contribution >= 0.6 is 0 Å². The van der Waals surface area contributed by atoms with Gasteiger partial charge in [-0.1, -0.05) is 19.0 Å². The Morgan fingerprint density at radius 2 is 1.97 bits per heavy atom. The van der Waals surface area contributed by atoms with Gasteiger partial charge < -0.3 is 20.1 Å². The Bertz CT molecular complexity index is 985. The number of carbonyl (C=O) groups excluding carboxylic acids is 1. The Morgan fingerprint density at radius 1 is 1.26 bits per heavy atom. The Morgan fingerprint density at radius 3 is 2.58 bits per heavy atom. The van der Waals surface area contributed by atoms with E-state index in [0.717, 1.165) is 12.8 Å². The number of rotatable bonds is 5. The summed E-state index contributed by atoms with van der Waals surface area (Å²) in [6.45, 7) is 5.77. The second-order valence-electron chi connectivity index (χ2n) is 8.51. The molecule has 12 heteroatoms. The monoisotopic (exact) mass is 439 g/mol. The smallest absolute Gasteiger partial charge is 0.351 e. The van der Waals surface area contributed by atoms with Gasteiger partial charge in [0, 0.05) is 19.5 Å². The van der Waals surface area contributed by atoms with E-state index in [0.29, 0.717) is 29.6 Å². The summed E-state index contributed by atoms with van der Waals surface area (Å²) in [5, 5.41) is 9.18. The van der Waals surface area contributed by atoms with Crippen LogP contribution in [0.3, 0.4) is 0 Å². The van der Waals surface area contributed by atoms with Crippen LogP contribution in [-0.2, 0) is 17.4 Å². The molecule has 0 aromatic carbocycles. The highest BCUT2D eigenvalue weighted by Crippen LogP contribution is 2.36. The minimum atomic E-state index is -4.60. The molecule has 0 radical (unpaired) electrons. The number of hydrogen-bond donors (Lipinski definition) is 2. The molecule has 31 heavy (non-hydrogen) atoms. The second kappa shape index (κ2) is 7.65. The van der Waals surface area contributed by atoms with Gasteiger partial charge >= 0.3 is 6.18 Å². The van der Waals surface area contributed by atoms with Crippen LogP contribution in [0.2, 0.25) is 0 Å². The molecule has 2 aromatic rings. The normalized spacial score (nSPS) is 23.4. The van der Waals surface area contributed by atoms with Crippen molar-refractivity contribution in [3.05, 3.63) is 17.4 Å². The predicted octanol–water partition coefficient (Wildman–Crippen LogP) is 3.03. The Balaban J connectivity index is 1.39. The van der Waals surface area contributed by atoms with Crippen molar-refractivity contribution < 1.29 is 22.5 Å². The summed E-state index contributed by atoms with van der Waals surface area (Å²) >= 11 is 0. The SMILES string of the molecule is Cc1nc(NC2CC(Cc3nc(C(F)(F)F)no3)C2)nc2c1NC(=O)C(C(C)C)N2C. The Labute approximate surface area is 176 Å². The van der Waals surface area contributed by atoms with Gasteiger partial charge in [-0.05, 0) is 31.6 Å². The largest absolute Gasteiger partial charge is 0.455 e. The van der Waals surface area contributed by atoms with E-state index >= 15 is 0 Å². The molecular weight excluding hydrogens is 415 g/mol. The van der Waals surface area contributed by atoms with Crippen molar-refractivity contribution in [3.8, 4) is 0 Å². The van der Waals surface area contributed by atoms with Crippen molar-refractivity contribution in [3.63, 3.8) is 0 Å². The third-order valence-electron chi connectivity index (χ3n) is 5.72. The molecule has 2 aliphatic rings. The van der Waals surface area contributed by atoms with Crippen molar-refractivity contribution >= 4 is 23.4 Å². The number of halogens is 3. The van der Waals surface area contributed by atoms with E-state index in [1.807, 2.05) is 32.7 Å². The number of carbonyl (C=O) groups is 1. The fourth-order valence-electron chi connectivity index (χ4n) is 4.18. The highest BCUT2D eigenvalue weighted by atomic mass is 19.4. The van der Waals surface area contributed by atoms with Gasteiger partial charge in [0.25, 0.3) is 5.82 Å². The number of aromatic nitrogens is 4. The average Bonchev–Trinajstić information content (AvgIpc) is 3.10. The van der Waals surface area contributed by atoms with Crippen molar-refractivity contribution in [1.29, 1.82) is 0 Å². The van der Waals surface area contributed by atoms with E-state index in [1.54, 1.807) is 0 Å². The number of nitrogens with zero attached hydrogens (tertiary/aromatic N) is 5. The van der Waals surface area contributed by atoms with E-state index < -0.39 is 12.0 Å². The van der Waals surface area contributed by atoms with Gasteiger partial charge in [0.05, 0.1) is 5.69 Å². The standard InChI is InChI=1S/C19H24F3N7O2/c1-8(2)14-16(30)26-13-9(3)23-18(27-15(13)29(14)4)24-11-5-10(6-11)7-12-25-17(28-31-12)19(20,21)22/h8,10-11,14H,5-7H2,1-4H3,(H,26,30)(H,23,24,27). The molecule has 0 bridgehead atoms. The quantitative estimate of drug-likeness (QED) is 0.732. The van der Waals surface area contributed by atoms with Crippen LogP contribution in [0.5, 0.6) is 0 Å². The third-order valence-corrected chi connectivity index (χ3v) is 5.72. The maximum Gasteiger partial charge on any atom is 0.455 e. The maximum absolute atomic E-state index is 12.6. The van der Waals surface area contributed by atoms with E-state index in [-0.39, 0.29) is 35.7 Å². The molecule has 1 amide bonds. The van der Waals surface area contributed by atoms with E-state index in [9.17, 15) is 18.0 Å². The van der Waals surface area contributed by atoms with Crippen molar-refractivity contribution in [2.24, 2.45) is 11.8 Å². The first-order valence-corrected chi connectivity index (χ1v) is 10.1. The van der Waals surface area contributed by atoms with Crippen molar-refractivity contribution in [2.75, 3.05) is 22.6 Å². The molecule has 2 aromatic heterocycles. The lowest BCUT2D eigenvalue weighted by molar-refractivity contribution is -0.146. The first-order valence-electron chi connectivity index (χ1n) is 10.1. The van der Waals surface area contributed by atoms with E-state index in [2.05, 4.69) is 30.7 Å². The lowest BCUT2D eigenvalue weighted by Crippen LogP contribution is -2.50. The fourth-order valence-corrected chi connectivity index (χ4v) is 4.18. The van der Waals surface area contributed by atoms with Crippen LogP contribution in [0, 0.1) is 18.8 Å². The summed E-state index contributed by atoms with van der Waals surface area (Å²) in [6, 6.07) is -0.226. The van der Waals surface area contributed by atoms with Gasteiger partial charge in [0.1, 0.15) is 11.7 Å². The second-order valence-corrected chi connectivity index (χ2v) is 8.51. The van der Waals surface area contributed by atoms with Gasteiger partial charge in [-0.3, -0.25) is 4.79 Å². The lowest BCUT2D eigenvalue weighted by Gasteiger charge is -2.38. The number of fused-ring (bicyclic) bond motifs is 1. The number of likely N-dealkylation sites (N-methyl/N-ethyl adjacent to an activating group) is 1. The molecule has 1 unspecified atom stereocenters. The molecule has 168 valence electrons. The zero-order valence-electron chi connectivity index (χ0n) is 17.6.